The minimum absolute atomic E-state index is 0. The van der Waals surface area contributed by atoms with Crippen molar-refractivity contribution in [1.82, 2.24) is 9.80 Å². The Morgan fingerprint density at radius 3 is 0.962 bits per heavy atom. The monoisotopic (exact) mass is 415 g/mol. The quantitative estimate of drug-likeness (QED) is 0.609. The van der Waals surface area contributed by atoms with E-state index in [0.29, 0.717) is 13.1 Å². The average Bonchev–Trinajstić information content (AvgIpc) is 2.57. The molecule has 1 aromatic carbocycles. The standard InChI is InChI=1S/C9H12.2C6H14NO.Cu/c1-7-4-8(2)6-9(3)5-7;2*1-3-7(4-2)5-6-8;/h4-6H,1-3H3;2*3-6H2,1-2H3;/q;2*-1;+2. The molecule has 5 heteroatoms. The molecule has 157 valence electrons. The zero-order valence-electron chi connectivity index (χ0n) is 17.9. The average molecular weight is 416 g/mol. The van der Waals surface area contributed by atoms with E-state index in [1.165, 1.54) is 16.7 Å². The number of hydrogen-bond donors (Lipinski definition) is 0. The second-order valence-corrected chi connectivity index (χ2v) is 6.13. The van der Waals surface area contributed by atoms with Gasteiger partial charge in [-0.2, -0.15) is 0 Å². The van der Waals surface area contributed by atoms with E-state index >= 15 is 0 Å². The molecular formula is C21H40CuN2O2. The molecule has 0 heterocycles. The van der Waals surface area contributed by atoms with Gasteiger partial charge in [0.1, 0.15) is 0 Å². The Bertz CT molecular complexity index is 345. The molecule has 0 unspecified atom stereocenters. The zero-order chi connectivity index (χ0) is 19.7. The van der Waals surface area contributed by atoms with E-state index in [4.69, 9.17) is 0 Å². The summed E-state index contributed by atoms with van der Waals surface area (Å²) in [5.41, 5.74) is 4.06. The SMILES string of the molecule is CCN(CC)CC[O-].CCN(CC)CC[O-].Cc1cc(C)cc(C)c1.[Cu+2]. The summed E-state index contributed by atoms with van der Waals surface area (Å²) in [4.78, 5) is 4.24. The first-order valence-electron chi connectivity index (χ1n) is 9.54. The van der Waals surface area contributed by atoms with Gasteiger partial charge in [-0.05, 0) is 60.0 Å². The van der Waals surface area contributed by atoms with Crippen LogP contribution >= 0.6 is 0 Å². The van der Waals surface area contributed by atoms with Crippen molar-refractivity contribution >= 4 is 0 Å². The molecule has 1 aromatic rings. The molecule has 1 radical (unpaired) electrons. The summed E-state index contributed by atoms with van der Waals surface area (Å²) >= 11 is 0. The van der Waals surface area contributed by atoms with Gasteiger partial charge < -0.3 is 20.0 Å². The normalized spacial score (nSPS) is 9.81. The first-order valence-corrected chi connectivity index (χ1v) is 9.54. The number of aryl methyl sites for hydroxylation is 3. The van der Waals surface area contributed by atoms with Gasteiger partial charge in [0.25, 0.3) is 0 Å². The zero-order valence-corrected chi connectivity index (χ0v) is 18.8. The van der Waals surface area contributed by atoms with E-state index in [2.05, 4.69) is 76.5 Å². The Balaban J connectivity index is -0.000000301. The summed E-state index contributed by atoms with van der Waals surface area (Å²) in [6, 6.07) is 6.56. The molecule has 0 spiro atoms. The summed E-state index contributed by atoms with van der Waals surface area (Å²) in [5, 5.41) is 20.0. The fourth-order valence-electron chi connectivity index (χ4n) is 2.54. The number of nitrogens with zero attached hydrogens (tertiary/aromatic N) is 2. The van der Waals surface area contributed by atoms with Gasteiger partial charge in [-0.3, -0.25) is 0 Å². The maximum atomic E-state index is 10.0. The smallest absolute Gasteiger partial charge is 0.854 e. The third-order valence-corrected chi connectivity index (χ3v) is 3.97. The van der Waals surface area contributed by atoms with Crippen LogP contribution in [0.5, 0.6) is 0 Å². The van der Waals surface area contributed by atoms with Crippen LogP contribution in [-0.4, -0.2) is 62.3 Å². The van der Waals surface area contributed by atoms with Gasteiger partial charge >= 0.3 is 17.1 Å². The van der Waals surface area contributed by atoms with E-state index in [0.717, 1.165) is 26.2 Å². The van der Waals surface area contributed by atoms with Crippen LogP contribution in [0.1, 0.15) is 44.4 Å². The predicted octanol–water partition coefficient (Wildman–Crippen LogP) is 1.99. The van der Waals surface area contributed by atoms with Crippen molar-refractivity contribution in [1.29, 1.82) is 0 Å². The molecule has 0 aliphatic heterocycles. The van der Waals surface area contributed by atoms with Gasteiger partial charge in [-0.25, -0.2) is 0 Å². The van der Waals surface area contributed by atoms with Crippen LogP contribution in [0.2, 0.25) is 0 Å². The van der Waals surface area contributed by atoms with Crippen molar-refractivity contribution in [3.8, 4) is 0 Å². The Morgan fingerprint density at radius 1 is 0.615 bits per heavy atom. The Labute approximate surface area is 173 Å². The van der Waals surface area contributed by atoms with E-state index in [9.17, 15) is 10.2 Å². The molecule has 0 amide bonds. The van der Waals surface area contributed by atoms with Crippen molar-refractivity contribution in [2.24, 2.45) is 0 Å². The van der Waals surface area contributed by atoms with Crippen molar-refractivity contribution in [3.05, 3.63) is 34.9 Å². The number of benzene rings is 1. The molecule has 0 fully saturated rings. The van der Waals surface area contributed by atoms with E-state index in [-0.39, 0.29) is 30.3 Å². The largest absolute Gasteiger partial charge is 2.00 e. The molecule has 4 nitrogen and oxygen atoms in total. The van der Waals surface area contributed by atoms with Crippen LogP contribution in [-0.2, 0) is 17.1 Å². The van der Waals surface area contributed by atoms with Crippen LogP contribution in [0.3, 0.4) is 0 Å². The number of likely N-dealkylation sites (N-methyl/N-ethyl adjacent to an activating group) is 2. The molecule has 0 bridgehead atoms. The van der Waals surface area contributed by atoms with E-state index < -0.39 is 0 Å². The minimum Gasteiger partial charge on any atom is -0.854 e. The van der Waals surface area contributed by atoms with E-state index in [1.54, 1.807) is 0 Å². The van der Waals surface area contributed by atoms with Crippen molar-refractivity contribution in [2.75, 3.05) is 52.5 Å². The Hall–Kier alpha value is -0.421. The summed E-state index contributed by atoms with van der Waals surface area (Å²) < 4.78 is 0. The van der Waals surface area contributed by atoms with Gasteiger partial charge in [-0.1, -0.05) is 62.6 Å². The first-order chi connectivity index (χ1) is 11.9. The summed E-state index contributed by atoms with van der Waals surface area (Å²) in [6.07, 6.45) is 0. The van der Waals surface area contributed by atoms with Crippen LogP contribution in [0.4, 0.5) is 0 Å². The van der Waals surface area contributed by atoms with Crippen LogP contribution in [0.25, 0.3) is 0 Å². The van der Waals surface area contributed by atoms with Crippen LogP contribution in [0.15, 0.2) is 18.2 Å². The molecule has 0 aromatic heterocycles. The van der Waals surface area contributed by atoms with Gasteiger partial charge in [-0.15, -0.1) is 13.2 Å². The molecule has 0 aliphatic carbocycles. The van der Waals surface area contributed by atoms with E-state index in [1.807, 2.05) is 0 Å². The third kappa shape index (κ3) is 18.4. The Morgan fingerprint density at radius 2 is 0.846 bits per heavy atom. The van der Waals surface area contributed by atoms with Crippen molar-refractivity contribution in [3.63, 3.8) is 0 Å². The molecular weight excluding hydrogens is 376 g/mol. The van der Waals surface area contributed by atoms with Gasteiger partial charge in [0.05, 0.1) is 0 Å². The second-order valence-electron chi connectivity index (χ2n) is 6.13. The van der Waals surface area contributed by atoms with Crippen molar-refractivity contribution < 1.29 is 27.3 Å². The molecule has 0 saturated heterocycles. The number of rotatable bonds is 8. The van der Waals surface area contributed by atoms with Gasteiger partial charge in [0, 0.05) is 0 Å². The van der Waals surface area contributed by atoms with Gasteiger partial charge in [0.15, 0.2) is 0 Å². The predicted molar refractivity (Wildman–Crippen MR) is 106 cm³/mol. The third-order valence-electron chi connectivity index (χ3n) is 3.97. The molecule has 0 N–H and O–H groups in total. The molecule has 0 saturated carbocycles. The maximum Gasteiger partial charge on any atom is 2.00 e. The molecule has 0 atom stereocenters. The number of hydrogen-bond acceptors (Lipinski definition) is 4. The summed E-state index contributed by atoms with van der Waals surface area (Å²) in [5.74, 6) is 0. The molecule has 0 aliphatic rings. The Kier molecular flexibility index (Phi) is 24.3. The van der Waals surface area contributed by atoms with Crippen LogP contribution in [0, 0.1) is 20.8 Å². The topological polar surface area (TPSA) is 52.6 Å². The van der Waals surface area contributed by atoms with Gasteiger partial charge in [0.2, 0.25) is 0 Å². The van der Waals surface area contributed by atoms with Crippen molar-refractivity contribution in [2.45, 2.75) is 48.5 Å². The summed E-state index contributed by atoms with van der Waals surface area (Å²) in [6.45, 7) is 20.1. The molecule has 1 rings (SSSR count). The van der Waals surface area contributed by atoms with Crippen LogP contribution < -0.4 is 10.2 Å². The maximum absolute atomic E-state index is 10.0. The minimum atomic E-state index is 0. The fourth-order valence-corrected chi connectivity index (χ4v) is 2.54. The first kappa shape index (κ1) is 30.3. The summed E-state index contributed by atoms with van der Waals surface area (Å²) in [7, 11) is 0. The second kappa shape index (κ2) is 20.9. The fraction of sp³-hybridized carbons (Fsp3) is 0.714. The molecule has 26 heavy (non-hydrogen) atoms.